The van der Waals surface area contributed by atoms with Crippen molar-refractivity contribution >= 4 is 46.6 Å². The third-order valence-electron chi connectivity index (χ3n) is 9.46. The number of alkyl halides is 2. The van der Waals surface area contributed by atoms with E-state index >= 15 is 0 Å². The number of para-hydroxylation sites is 1. The van der Waals surface area contributed by atoms with Gasteiger partial charge in [0.2, 0.25) is 0 Å². The van der Waals surface area contributed by atoms with Crippen molar-refractivity contribution in [3.63, 3.8) is 0 Å². The SMILES string of the molecule is CCCC[I-]c1nn(-c2nc(OC)nc(-n3nc(C(CCC)[I-]c4cccc(-n5ncc(C(=O)OC)c5N)c4)c(N)c3N)n2)c(N)c1N=Nc1c(C(=O)OC)cnn1-c1ccccc1. The monoisotopic (exact) mass is 1100 g/mol. The van der Waals surface area contributed by atoms with Crippen molar-refractivity contribution in [1.82, 2.24) is 54.1 Å². The predicted molar refractivity (Wildman–Crippen MR) is 227 cm³/mol. The van der Waals surface area contributed by atoms with Gasteiger partial charge in [-0.2, -0.15) is 0 Å². The van der Waals surface area contributed by atoms with Crippen LogP contribution in [-0.4, -0.2) is 91.8 Å². The second-order valence-corrected chi connectivity index (χ2v) is 19.9. The number of aromatic nitrogens is 11. The van der Waals surface area contributed by atoms with E-state index in [4.69, 9.17) is 52.3 Å². The summed E-state index contributed by atoms with van der Waals surface area (Å²) in [5.41, 5.74) is 29.3. The molecule has 0 aliphatic heterocycles. The first-order valence-electron chi connectivity index (χ1n) is 19.7. The topological polar surface area (TPSA) is 301 Å². The molecule has 7 aromatic rings. The Bertz CT molecular complexity index is 2820. The summed E-state index contributed by atoms with van der Waals surface area (Å²) in [5.74, 6) is -0.671. The maximum atomic E-state index is 12.8. The molecule has 22 nitrogen and oxygen atoms in total. The molecule has 8 N–H and O–H groups in total. The number of ether oxygens (including phenoxy) is 3. The van der Waals surface area contributed by atoms with Crippen LogP contribution in [-0.2, 0) is 9.47 Å². The number of carbonyl (C=O) groups excluding carboxylic acids is 2. The van der Waals surface area contributed by atoms with Crippen molar-refractivity contribution in [2.45, 2.75) is 43.5 Å². The van der Waals surface area contributed by atoms with Crippen LogP contribution in [0.25, 0.3) is 23.3 Å². The van der Waals surface area contributed by atoms with Crippen LogP contribution in [0.15, 0.2) is 77.2 Å². The van der Waals surface area contributed by atoms with Crippen molar-refractivity contribution in [1.29, 1.82) is 0 Å². The van der Waals surface area contributed by atoms with Gasteiger partial charge in [-0.25, -0.2) is 0 Å². The summed E-state index contributed by atoms with van der Waals surface area (Å²) in [6, 6.07) is 16.9. The zero-order valence-electron chi connectivity index (χ0n) is 35.4. The number of nitrogens with two attached hydrogens (primary N) is 4. The number of benzene rings is 2. The number of nitrogen functional groups attached to an aromatic ring is 4. The molecule has 7 rings (SSSR count). The van der Waals surface area contributed by atoms with Crippen LogP contribution in [0.2, 0.25) is 0 Å². The van der Waals surface area contributed by atoms with E-state index in [-0.39, 0.29) is 56.2 Å². The number of rotatable bonds is 18. The molecule has 64 heavy (non-hydrogen) atoms. The van der Waals surface area contributed by atoms with Crippen LogP contribution in [0.5, 0.6) is 6.01 Å². The zero-order valence-corrected chi connectivity index (χ0v) is 39.7. The molecule has 0 bridgehead atoms. The normalized spacial score (nSPS) is 12.0. The molecular formula is C40H45I2N17O5-2. The Balaban J connectivity index is 1.25. The molecule has 0 aliphatic rings. The fraction of sp³-hybridized carbons (Fsp3) is 0.275. The van der Waals surface area contributed by atoms with Gasteiger partial charge in [0.05, 0.1) is 0 Å². The van der Waals surface area contributed by atoms with Crippen LogP contribution in [0.1, 0.15) is 69.9 Å². The quantitative estimate of drug-likeness (QED) is 0.0258. The molecule has 2 aromatic carbocycles. The van der Waals surface area contributed by atoms with Crippen molar-refractivity contribution in [3.8, 4) is 29.3 Å². The van der Waals surface area contributed by atoms with Gasteiger partial charge in [-0.1, -0.05) is 0 Å². The van der Waals surface area contributed by atoms with Crippen LogP contribution >= 0.6 is 0 Å². The van der Waals surface area contributed by atoms with Gasteiger partial charge in [0.15, 0.2) is 0 Å². The van der Waals surface area contributed by atoms with E-state index in [1.54, 1.807) is 0 Å². The number of nitrogens with zero attached hydrogens (tertiary/aromatic N) is 13. The predicted octanol–water partition coefficient (Wildman–Crippen LogP) is -1.20. The van der Waals surface area contributed by atoms with E-state index in [2.05, 4.69) is 44.2 Å². The Morgan fingerprint density at radius 2 is 1.41 bits per heavy atom. The molecule has 0 fully saturated rings. The van der Waals surface area contributed by atoms with Crippen molar-refractivity contribution in [2.75, 3.05) is 48.7 Å². The van der Waals surface area contributed by atoms with Crippen LogP contribution in [0.3, 0.4) is 0 Å². The summed E-state index contributed by atoms with van der Waals surface area (Å²) in [6.45, 7) is 4.20. The number of anilines is 4. The second kappa shape index (κ2) is 20.2. The number of hydrogen-bond acceptors (Lipinski definition) is 18. The van der Waals surface area contributed by atoms with Crippen LogP contribution < -0.4 is 70.1 Å². The molecule has 0 radical (unpaired) electrons. The van der Waals surface area contributed by atoms with Gasteiger partial charge in [-0.05, 0) is 0 Å². The summed E-state index contributed by atoms with van der Waals surface area (Å²) in [6.07, 6.45) is 6.32. The number of carbonyl (C=O) groups is 2. The molecular weight excluding hydrogens is 1050 g/mol. The van der Waals surface area contributed by atoms with Gasteiger partial charge in [0, 0.05) is 0 Å². The van der Waals surface area contributed by atoms with Gasteiger partial charge in [-0.3, -0.25) is 0 Å². The Morgan fingerprint density at radius 3 is 2.09 bits per heavy atom. The van der Waals surface area contributed by atoms with Gasteiger partial charge in [0.25, 0.3) is 0 Å². The second-order valence-electron chi connectivity index (χ2n) is 13.6. The number of unbranched alkanes of at least 4 members (excludes halogenated alkanes) is 1. The standard InChI is InChI=1S/C40H45I2N17O5/c1-6-8-18-41-31-30(52-53-35-26(37(61)63-4)21-48-57(35)23-15-10-9-11-16-23)34(46)59(55-31)39-49-38(50-40(51-39)64-5)58-33(45)28(43)29(54-58)27(13-7-2)42-22-14-12-17-24(19-22)56-32(44)25(20-47-56)36(60)62-3/h9-12,14-17,19-21,27H,6-8,13,18,43-46H2,1-5H3/q-2. The first-order valence-corrected chi connectivity index (χ1v) is 24.7. The molecule has 5 aromatic heterocycles. The first kappa shape index (κ1) is 45.3. The van der Waals surface area contributed by atoms with Crippen LogP contribution in [0.4, 0.5) is 34.6 Å². The van der Waals surface area contributed by atoms with Crippen molar-refractivity contribution in [2.24, 2.45) is 10.2 Å². The molecule has 0 spiro atoms. The molecule has 5 heterocycles. The van der Waals surface area contributed by atoms with E-state index in [1.807, 2.05) is 54.6 Å². The van der Waals surface area contributed by atoms with Gasteiger partial charge >= 0.3 is 390 Å². The minimum atomic E-state index is -0.785. The van der Waals surface area contributed by atoms with Crippen molar-refractivity contribution in [3.05, 3.63) is 91.1 Å². The molecule has 0 saturated heterocycles. The minimum absolute atomic E-state index is 0.00347. The Kier molecular flexibility index (Phi) is 14.3. The molecule has 0 aliphatic carbocycles. The molecule has 0 amide bonds. The van der Waals surface area contributed by atoms with E-state index in [9.17, 15) is 9.59 Å². The number of azo groups is 1. The maximum absolute atomic E-state index is 12.8. The Labute approximate surface area is 387 Å². The summed E-state index contributed by atoms with van der Waals surface area (Å²) < 4.78 is 23.6. The average molecular weight is 1100 g/mol. The third kappa shape index (κ3) is 9.31. The summed E-state index contributed by atoms with van der Waals surface area (Å²) in [4.78, 5) is 38.7. The molecule has 1 unspecified atom stereocenters. The van der Waals surface area contributed by atoms with Gasteiger partial charge < -0.3 is 0 Å². The molecule has 336 valence electrons. The fourth-order valence-corrected chi connectivity index (χ4v) is 12.4. The first-order chi connectivity index (χ1) is 31.0. The van der Waals surface area contributed by atoms with E-state index in [0.29, 0.717) is 32.1 Å². The summed E-state index contributed by atoms with van der Waals surface area (Å²) in [5, 5.41) is 27.6. The fourth-order valence-electron chi connectivity index (χ4n) is 6.18. The van der Waals surface area contributed by atoms with Gasteiger partial charge in [0.1, 0.15) is 0 Å². The van der Waals surface area contributed by atoms with E-state index in [1.165, 1.54) is 52.5 Å². The summed E-state index contributed by atoms with van der Waals surface area (Å²) >= 11 is -1.51. The number of hydrogen-bond donors (Lipinski definition) is 4. The third-order valence-corrected chi connectivity index (χ3v) is 15.6. The Morgan fingerprint density at radius 1 is 0.734 bits per heavy atom. The number of halogens is 2. The molecule has 24 heteroatoms. The number of methoxy groups -OCH3 is 3. The molecule has 1 atom stereocenters. The van der Waals surface area contributed by atoms with E-state index in [0.717, 1.165) is 33.7 Å². The Hall–Kier alpha value is -6.71. The van der Waals surface area contributed by atoms with Crippen LogP contribution in [0, 0.1) is 7.27 Å². The van der Waals surface area contributed by atoms with Crippen molar-refractivity contribution < 1.29 is 66.2 Å². The molecule has 0 saturated carbocycles. The van der Waals surface area contributed by atoms with Gasteiger partial charge in [-0.15, -0.1) is 0 Å². The average Bonchev–Trinajstić information content (AvgIpc) is 4.08. The zero-order chi connectivity index (χ0) is 45.5. The number of esters is 2. The summed E-state index contributed by atoms with van der Waals surface area (Å²) in [7, 11) is 3.99. The van der Waals surface area contributed by atoms with E-state index < -0.39 is 54.3 Å².